The number of hydrogen-bond donors (Lipinski definition) is 1. The number of aliphatic hydroxyl groups is 1. The molecule has 0 aromatic heterocycles. The molecule has 0 aromatic rings. The standard InChI is InChI=1S/C19H32O3/c20-7-5-3-1-2-4-6-8-22-18(21)19-12-15-9-16(13-19)11-17(10-15)14-19/h15-17,20H,1-14H2. The molecule has 4 bridgehead atoms. The fourth-order valence-corrected chi connectivity index (χ4v) is 5.60. The highest BCUT2D eigenvalue weighted by Crippen LogP contribution is 2.60. The molecule has 0 atom stereocenters. The summed E-state index contributed by atoms with van der Waals surface area (Å²) in [5, 5.41) is 8.73. The van der Waals surface area contributed by atoms with Crippen LogP contribution in [0.15, 0.2) is 0 Å². The van der Waals surface area contributed by atoms with Gasteiger partial charge < -0.3 is 9.84 Å². The van der Waals surface area contributed by atoms with Crippen LogP contribution in [0.5, 0.6) is 0 Å². The lowest BCUT2D eigenvalue weighted by Crippen LogP contribution is -2.50. The molecule has 1 N–H and O–H groups in total. The monoisotopic (exact) mass is 308 g/mol. The first-order chi connectivity index (χ1) is 10.7. The summed E-state index contributed by atoms with van der Waals surface area (Å²) in [4.78, 5) is 12.6. The van der Waals surface area contributed by atoms with Crippen LogP contribution in [0.2, 0.25) is 0 Å². The topological polar surface area (TPSA) is 46.5 Å². The zero-order chi connectivity index (χ0) is 15.4. The van der Waals surface area contributed by atoms with Gasteiger partial charge >= 0.3 is 5.97 Å². The highest BCUT2D eigenvalue weighted by atomic mass is 16.5. The van der Waals surface area contributed by atoms with Crippen LogP contribution in [0.3, 0.4) is 0 Å². The molecule has 0 spiro atoms. The molecule has 0 saturated heterocycles. The van der Waals surface area contributed by atoms with Crippen molar-refractivity contribution in [1.82, 2.24) is 0 Å². The van der Waals surface area contributed by atoms with Gasteiger partial charge in [0.1, 0.15) is 0 Å². The second kappa shape index (κ2) is 7.33. The molecule has 0 aromatic carbocycles. The van der Waals surface area contributed by atoms with E-state index in [1.807, 2.05) is 0 Å². The number of carbonyl (C=O) groups is 1. The van der Waals surface area contributed by atoms with E-state index in [1.165, 1.54) is 32.1 Å². The summed E-state index contributed by atoms with van der Waals surface area (Å²) in [6, 6.07) is 0. The maximum Gasteiger partial charge on any atom is 0.312 e. The first-order valence-corrected chi connectivity index (χ1v) is 9.50. The maximum atomic E-state index is 12.6. The predicted molar refractivity (Wildman–Crippen MR) is 86.4 cm³/mol. The Labute approximate surface area is 134 Å². The molecule has 0 radical (unpaired) electrons. The second-order valence-electron chi connectivity index (χ2n) is 8.18. The summed E-state index contributed by atoms with van der Waals surface area (Å²) < 4.78 is 5.68. The molecule has 3 nitrogen and oxygen atoms in total. The summed E-state index contributed by atoms with van der Waals surface area (Å²) >= 11 is 0. The summed E-state index contributed by atoms with van der Waals surface area (Å²) in [7, 11) is 0. The van der Waals surface area contributed by atoms with Crippen molar-refractivity contribution in [2.75, 3.05) is 13.2 Å². The summed E-state index contributed by atoms with van der Waals surface area (Å²) in [5.74, 6) is 2.56. The highest BCUT2D eigenvalue weighted by Gasteiger charge is 2.55. The Balaban J connectivity index is 1.34. The summed E-state index contributed by atoms with van der Waals surface area (Å²) in [6.45, 7) is 0.920. The minimum atomic E-state index is -0.0874. The predicted octanol–water partition coefficient (Wildman–Crippen LogP) is 4.08. The van der Waals surface area contributed by atoms with Gasteiger partial charge in [0.25, 0.3) is 0 Å². The van der Waals surface area contributed by atoms with Crippen molar-refractivity contribution in [1.29, 1.82) is 0 Å². The van der Waals surface area contributed by atoms with Crippen molar-refractivity contribution in [2.45, 2.75) is 77.0 Å². The van der Waals surface area contributed by atoms with Crippen molar-refractivity contribution in [3.63, 3.8) is 0 Å². The van der Waals surface area contributed by atoms with Crippen LogP contribution in [0.1, 0.15) is 77.0 Å². The molecule has 0 unspecified atom stereocenters. The van der Waals surface area contributed by atoms with E-state index in [4.69, 9.17) is 9.84 Å². The van der Waals surface area contributed by atoms with Gasteiger partial charge in [-0.1, -0.05) is 25.7 Å². The second-order valence-corrected chi connectivity index (χ2v) is 8.18. The number of aliphatic hydroxyl groups excluding tert-OH is 1. The Hall–Kier alpha value is -0.570. The van der Waals surface area contributed by atoms with E-state index >= 15 is 0 Å². The molecule has 3 heteroatoms. The van der Waals surface area contributed by atoms with Crippen LogP contribution in [0, 0.1) is 23.2 Å². The zero-order valence-corrected chi connectivity index (χ0v) is 13.9. The van der Waals surface area contributed by atoms with Gasteiger partial charge in [-0.25, -0.2) is 0 Å². The fourth-order valence-electron chi connectivity index (χ4n) is 5.60. The van der Waals surface area contributed by atoms with Gasteiger partial charge in [0.15, 0.2) is 0 Å². The third-order valence-electron chi connectivity index (χ3n) is 6.26. The number of unbranched alkanes of at least 4 members (excludes halogenated alkanes) is 5. The number of ether oxygens (including phenoxy) is 1. The Morgan fingerprint density at radius 2 is 1.36 bits per heavy atom. The molecule has 4 rings (SSSR count). The lowest BCUT2D eigenvalue weighted by Gasteiger charge is -2.55. The van der Waals surface area contributed by atoms with Crippen LogP contribution in [0.25, 0.3) is 0 Å². The molecule has 22 heavy (non-hydrogen) atoms. The van der Waals surface area contributed by atoms with Gasteiger partial charge in [-0.15, -0.1) is 0 Å². The van der Waals surface area contributed by atoms with E-state index in [2.05, 4.69) is 0 Å². The molecule has 4 fully saturated rings. The largest absolute Gasteiger partial charge is 0.465 e. The molecule has 0 amide bonds. The van der Waals surface area contributed by atoms with E-state index in [-0.39, 0.29) is 11.4 Å². The van der Waals surface area contributed by atoms with Crippen molar-refractivity contribution in [2.24, 2.45) is 23.2 Å². The molecule has 126 valence electrons. The van der Waals surface area contributed by atoms with Gasteiger partial charge in [0, 0.05) is 6.61 Å². The van der Waals surface area contributed by atoms with Gasteiger partial charge in [-0.05, 0) is 69.1 Å². The first kappa shape index (κ1) is 16.3. The molecule has 4 saturated carbocycles. The highest BCUT2D eigenvalue weighted by molar-refractivity contribution is 5.77. The first-order valence-electron chi connectivity index (χ1n) is 9.50. The molecule has 4 aliphatic carbocycles. The van der Waals surface area contributed by atoms with E-state index < -0.39 is 0 Å². The van der Waals surface area contributed by atoms with Gasteiger partial charge in [0.2, 0.25) is 0 Å². The van der Waals surface area contributed by atoms with Crippen molar-refractivity contribution < 1.29 is 14.6 Å². The smallest absolute Gasteiger partial charge is 0.312 e. The fraction of sp³-hybridized carbons (Fsp3) is 0.947. The quantitative estimate of drug-likeness (QED) is 0.516. The minimum absolute atomic E-state index is 0.0874. The van der Waals surface area contributed by atoms with E-state index in [1.54, 1.807) is 0 Å². The Kier molecular flexibility index (Phi) is 5.43. The Morgan fingerprint density at radius 1 is 0.864 bits per heavy atom. The average Bonchev–Trinajstić information content (AvgIpc) is 2.48. The normalized spacial score (nSPS) is 35.8. The van der Waals surface area contributed by atoms with Crippen LogP contribution in [0.4, 0.5) is 0 Å². The molecule has 4 aliphatic rings. The van der Waals surface area contributed by atoms with Gasteiger partial charge in [-0.2, -0.15) is 0 Å². The SMILES string of the molecule is O=C(OCCCCCCCCO)C12CC3CC(CC(C3)C1)C2. The minimum Gasteiger partial charge on any atom is -0.465 e. The number of rotatable bonds is 9. The zero-order valence-electron chi connectivity index (χ0n) is 13.9. The van der Waals surface area contributed by atoms with E-state index in [9.17, 15) is 4.79 Å². The third-order valence-corrected chi connectivity index (χ3v) is 6.26. The molecular formula is C19H32O3. The van der Waals surface area contributed by atoms with Crippen LogP contribution < -0.4 is 0 Å². The lowest BCUT2D eigenvalue weighted by molar-refractivity contribution is -0.171. The number of carbonyl (C=O) groups excluding carboxylic acids is 1. The molecule has 0 heterocycles. The maximum absolute atomic E-state index is 12.6. The van der Waals surface area contributed by atoms with Crippen LogP contribution in [-0.4, -0.2) is 24.3 Å². The number of hydrogen-bond acceptors (Lipinski definition) is 3. The van der Waals surface area contributed by atoms with E-state index in [0.717, 1.165) is 62.7 Å². The Bertz CT molecular complexity index is 342. The van der Waals surface area contributed by atoms with Crippen molar-refractivity contribution >= 4 is 5.97 Å². The third kappa shape index (κ3) is 3.67. The Morgan fingerprint density at radius 3 is 1.91 bits per heavy atom. The summed E-state index contributed by atoms with van der Waals surface area (Å²) in [5.41, 5.74) is -0.0874. The van der Waals surface area contributed by atoms with Gasteiger partial charge in [-0.3, -0.25) is 4.79 Å². The molecular weight excluding hydrogens is 276 g/mol. The van der Waals surface area contributed by atoms with Crippen molar-refractivity contribution in [3.05, 3.63) is 0 Å². The van der Waals surface area contributed by atoms with E-state index in [0.29, 0.717) is 13.2 Å². The molecule has 0 aliphatic heterocycles. The lowest BCUT2D eigenvalue weighted by atomic mass is 9.49. The summed E-state index contributed by atoms with van der Waals surface area (Å²) in [6.07, 6.45) is 14.0. The van der Waals surface area contributed by atoms with Crippen LogP contribution in [-0.2, 0) is 9.53 Å². The van der Waals surface area contributed by atoms with Crippen LogP contribution >= 0.6 is 0 Å². The van der Waals surface area contributed by atoms with Gasteiger partial charge in [0.05, 0.1) is 12.0 Å². The average molecular weight is 308 g/mol. The van der Waals surface area contributed by atoms with Crippen molar-refractivity contribution in [3.8, 4) is 0 Å². The number of esters is 1.